The first kappa shape index (κ1) is 66.9. The summed E-state index contributed by atoms with van der Waals surface area (Å²) in [5, 5.41) is 59.8. The summed E-state index contributed by atoms with van der Waals surface area (Å²) in [7, 11) is 0. The highest BCUT2D eigenvalue weighted by Crippen LogP contribution is 2.15. The number of rotatable bonds is 37. The third kappa shape index (κ3) is 23.6. The Bertz CT molecular complexity index is 2270. The van der Waals surface area contributed by atoms with E-state index in [-0.39, 0.29) is 44.4 Å². The van der Waals surface area contributed by atoms with Crippen LogP contribution in [0.1, 0.15) is 110 Å². The minimum Gasteiger partial charge on any atom is -0.508 e. The summed E-state index contributed by atoms with van der Waals surface area (Å²) in [6.07, 6.45) is 1.07. The monoisotopic (exact) mass is 1100 g/mol. The number of unbranched alkanes of at least 4 members (excludes halogenated alkanes) is 2. The van der Waals surface area contributed by atoms with E-state index in [9.17, 15) is 68.4 Å². The van der Waals surface area contributed by atoms with Crippen molar-refractivity contribution in [1.29, 1.82) is 0 Å². The number of hydrogen-bond donors (Lipinski definition) is 15. The predicted molar refractivity (Wildman–Crippen MR) is 287 cm³/mol. The SMILES string of the molecule is CC[C@H](NC(=O)[C@@H](N)CCCCN)C(=O)N[C@@H](CO)C(=O)N[C@@H](CCC(=O)O)C(=O)N[C@@H](CCCCN)C(=O)N[C@H](C(=O)N[C@@H](Cc1ccccc1)C(=O)N[C@@H](Cc1ccc(O)cc1)C(=O)N[C@H](C(=O)O)C(C)C)[C@@H](C)CC. The van der Waals surface area contributed by atoms with E-state index in [0.29, 0.717) is 49.8 Å². The molecule has 0 unspecified atom stereocenters. The Hall–Kier alpha value is -7.22. The Balaban J connectivity index is 2.46. The van der Waals surface area contributed by atoms with Crippen LogP contribution in [0.4, 0.5) is 0 Å². The third-order valence-electron chi connectivity index (χ3n) is 13.0. The number of aliphatic hydroxyl groups excluding tert-OH is 1. The average Bonchev–Trinajstić information content (AvgIpc) is 3.40. The molecule has 18 N–H and O–H groups in total. The molecule has 0 aliphatic rings. The van der Waals surface area contributed by atoms with Gasteiger partial charge < -0.3 is 80.2 Å². The van der Waals surface area contributed by atoms with Gasteiger partial charge in [0.1, 0.15) is 54.1 Å². The number of aliphatic carboxylic acids is 2. The van der Waals surface area contributed by atoms with Gasteiger partial charge in [-0.1, -0.05) is 89.9 Å². The molecule has 25 nitrogen and oxygen atoms in total. The van der Waals surface area contributed by atoms with Crippen LogP contribution in [0.3, 0.4) is 0 Å². The van der Waals surface area contributed by atoms with E-state index in [1.807, 2.05) is 0 Å². The Morgan fingerprint density at radius 1 is 0.487 bits per heavy atom. The summed E-state index contributed by atoms with van der Waals surface area (Å²) in [5.74, 6) is -10.9. The number of carbonyl (C=O) groups is 10. The van der Waals surface area contributed by atoms with Crippen LogP contribution in [0.25, 0.3) is 0 Å². The second-order valence-electron chi connectivity index (χ2n) is 19.6. The summed E-state index contributed by atoms with van der Waals surface area (Å²) < 4.78 is 0. The Kier molecular flexibility index (Phi) is 30.2. The van der Waals surface area contributed by atoms with Crippen molar-refractivity contribution >= 4 is 59.2 Å². The maximum Gasteiger partial charge on any atom is 0.326 e. The lowest BCUT2D eigenvalue weighted by atomic mass is 9.96. The first-order valence-electron chi connectivity index (χ1n) is 26.5. The quantitative estimate of drug-likeness (QED) is 0.0350. The van der Waals surface area contributed by atoms with Crippen LogP contribution >= 0.6 is 0 Å². The van der Waals surface area contributed by atoms with Crippen LogP contribution < -0.4 is 59.7 Å². The second kappa shape index (κ2) is 35.2. The molecule has 10 atom stereocenters. The van der Waals surface area contributed by atoms with Crippen molar-refractivity contribution in [2.45, 2.75) is 166 Å². The van der Waals surface area contributed by atoms with Gasteiger partial charge in [0.15, 0.2) is 0 Å². The highest BCUT2D eigenvalue weighted by Gasteiger charge is 2.36. The molecule has 0 bridgehead atoms. The molecule has 0 aliphatic carbocycles. The van der Waals surface area contributed by atoms with Crippen LogP contribution in [0, 0.1) is 11.8 Å². The second-order valence-corrected chi connectivity index (χ2v) is 19.6. The lowest BCUT2D eigenvalue weighted by Gasteiger charge is -2.30. The van der Waals surface area contributed by atoms with Crippen molar-refractivity contribution in [3.8, 4) is 5.75 Å². The first-order chi connectivity index (χ1) is 37.0. The van der Waals surface area contributed by atoms with Gasteiger partial charge in [-0.25, -0.2) is 4.79 Å². The van der Waals surface area contributed by atoms with E-state index in [1.54, 1.807) is 65.0 Å². The summed E-state index contributed by atoms with van der Waals surface area (Å²) in [4.78, 5) is 135. The lowest BCUT2D eigenvalue weighted by molar-refractivity contribution is -0.143. The molecule has 0 fully saturated rings. The molecule has 0 aliphatic heterocycles. The van der Waals surface area contributed by atoms with Crippen LogP contribution in [0.2, 0.25) is 0 Å². The first-order valence-corrected chi connectivity index (χ1v) is 26.5. The van der Waals surface area contributed by atoms with E-state index in [0.717, 1.165) is 0 Å². The van der Waals surface area contributed by atoms with Crippen molar-refractivity contribution in [3.63, 3.8) is 0 Å². The van der Waals surface area contributed by atoms with Crippen LogP contribution in [-0.4, -0.2) is 154 Å². The smallest absolute Gasteiger partial charge is 0.326 e. The number of hydrogen-bond acceptors (Lipinski definition) is 15. The Morgan fingerprint density at radius 3 is 1.44 bits per heavy atom. The van der Waals surface area contributed by atoms with Gasteiger partial charge in [0, 0.05) is 19.3 Å². The zero-order chi connectivity index (χ0) is 58.5. The van der Waals surface area contributed by atoms with Crippen LogP contribution in [-0.2, 0) is 60.8 Å². The number of carbonyl (C=O) groups excluding carboxylic acids is 8. The number of phenols is 1. The number of amides is 8. The number of benzene rings is 2. The van der Waals surface area contributed by atoms with Crippen molar-refractivity contribution in [2.75, 3.05) is 19.7 Å². The zero-order valence-corrected chi connectivity index (χ0v) is 45.3. The molecule has 434 valence electrons. The van der Waals surface area contributed by atoms with Gasteiger partial charge >= 0.3 is 11.9 Å². The molecule has 0 spiro atoms. The predicted octanol–water partition coefficient (Wildman–Crippen LogP) is -1.31. The Labute approximate surface area is 455 Å². The summed E-state index contributed by atoms with van der Waals surface area (Å²) in [6, 6.07) is 2.03. The largest absolute Gasteiger partial charge is 0.508 e. The summed E-state index contributed by atoms with van der Waals surface area (Å²) in [6.45, 7) is 7.82. The van der Waals surface area contributed by atoms with E-state index < -0.39 is 145 Å². The van der Waals surface area contributed by atoms with Gasteiger partial charge in [-0.3, -0.25) is 43.2 Å². The molecule has 2 aromatic carbocycles. The van der Waals surface area contributed by atoms with Gasteiger partial charge in [-0.15, -0.1) is 0 Å². The van der Waals surface area contributed by atoms with E-state index in [1.165, 1.54) is 24.3 Å². The molecule has 0 saturated heterocycles. The maximum atomic E-state index is 14.5. The fourth-order valence-corrected chi connectivity index (χ4v) is 7.97. The summed E-state index contributed by atoms with van der Waals surface area (Å²) >= 11 is 0. The molecule has 2 aromatic rings. The highest BCUT2D eigenvalue weighted by atomic mass is 16.4. The number of aliphatic hydroxyl groups is 1. The van der Waals surface area contributed by atoms with Gasteiger partial charge in [0.25, 0.3) is 0 Å². The molecule has 0 radical (unpaired) electrons. The Morgan fingerprint density at radius 2 is 0.923 bits per heavy atom. The highest BCUT2D eigenvalue weighted by molar-refractivity contribution is 5.98. The summed E-state index contributed by atoms with van der Waals surface area (Å²) in [5.41, 5.74) is 18.3. The van der Waals surface area contributed by atoms with Crippen LogP contribution in [0.5, 0.6) is 5.75 Å². The van der Waals surface area contributed by atoms with Crippen molar-refractivity contribution in [2.24, 2.45) is 29.0 Å². The number of carboxylic acid groups (broad SMARTS) is 2. The van der Waals surface area contributed by atoms with Crippen molar-refractivity contribution < 1.29 is 68.4 Å². The number of nitrogens with one attached hydrogen (secondary N) is 8. The van der Waals surface area contributed by atoms with Gasteiger partial charge in [0.05, 0.1) is 12.6 Å². The third-order valence-corrected chi connectivity index (χ3v) is 13.0. The molecule has 8 amide bonds. The van der Waals surface area contributed by atoms with E-state index >= 15 is 0 Å². The molecule has 2 rings (SSSR count). The molecule has 0 heterocycles. The number of phenolic OH excluding ortho intramolecular Hbond substituents is 1. The fourth-order valence-electron chi connectivity index (χ4n) is 7.97. The number of nitrogens with two attached hydrogens (primary N) is 3. The maximum absolute atomic E-state index is 14.5. The minimum absolute atomic E-state index is 0.0532. The van der Waals surface area contributed by atoms with E-state index in [2.05, 4.69) is 42.5 Å². The fraction of sp³-hybridized carbons (Fsp3) is 0.585. The molecular weight excluding hydrogens is 1010 g/mol. The van der Waals surface area contributed by atoms with Crippen LogP contribution in [0.15, 0.2) is 54.6 Å². The topological polar surface area (TPSA) is 426 Å². The number of aromatic hydroxyl groups is 1. The minimum atomic E-state index is -1.69. The lowest BCUT2D eigenvalue weighted by Crippen LogP contribution is -2.61. The van der Waals surface area contributed by atoms with Gasteiger partial charge in [-0.05, 0) is 93.1 Å². The molecule has 25 heteroatoms. The van der Waals surface area contributed by atoms with E-state index in [4.69, 9.17) is 17.2 Å². The van der Waals surface area contributed by atoms with Gasteiger partial charge in [0.2, 0.25) is 47.3 Å². The van der Waals surface area contributed by atoms with Gasteiger partial charge in [-0.2, -0.15) is 0 Å². The van der Waals surface area contributed by atoms with Crippen molar-refractivity contribution in [1.82, 2.24) is 42.5 Å². The molecule has 0 aromatic heterocycles. The average molecular weight is 1100 g/mol. The van der Waals surface area contributed by atoms with Crippen molar-refractivity contribution in [3.05, 3.63) is 65.7 Å². The zero-order valence-electron chi connectivity index (χ0n) is 45.3. The molecular formula is C53H83N11O14. The number of carboxylic acids is 2. The normalized spacial score (nSPS) is 15.0. The molecule has 78 heavy (non-hydrogen) atoms. The standard InChI is InChI=1S/C53H83N11O14/c1-6-31(5)44(52(76)61-39(27-32-15-9-8-10-16-32)49(73)60-40(28-33-19-21-34(66)22-20-33)50(74)63-43(30(3)4)53(77)78)64-48(72)37(18-12-14-26-55)58-47(71)38(23-24-42(67)68)59-51(75)41(29-65)62-46(70)36(7-2)57-45(69)35(56)17-11-13-25-54/h8-10,15-16,19-22,30-31,35-41,43-44,65-66H,6-7,11-14,17-18,23-29,54-56H2,1-5H3,(H,57,69)(H,58,71)(H,59,75)(H,60,73)(H,61,76)(H,62,70)(H,63,74)(H,64,72)(H,67,68)(H,77,78)/t31-,35-,36-,37-,38-,39-,40-,41-,43-,44-/m0/s1. The molecule has 0 saturated carbocycles.